The summed E-state index contributed by atoms with van der Waals surface area (Å²) >= 11 is 0. The second kappa shape index (κ2) is 7.56. The Kier molecular flexibility index (Phi) is 5.21. The summed E-state index contributed by atoms with van der Waals surface area (Å²) in [5.41, 5.74) is 2.94. The van der Waals surface area contributed by atoms with Gasteiger partial charge in [-0.25, -0.2) is 4.39 Å². The summed E-state index contributed by atoms with van der Waals surface area (Å²) in [6.45, 7) is 4.39. The quantitative estimate of drug-likeness (QED) is 0.896. The molecule has 3 rings (SSSR count). The number of likely N-dealkylation sites (tertiary alicyclic amines) is 1. The van der Waals surface area contributed by atoms with Gasteiger partial charge in [0.2, 0.25) is 5.91 Å². The number of hydrogen-bond donors (Lipinski definition) is 1. The minimum atomic E-state index is -0.505. The second-order valence-electron chi connectivity index (χ2n) is 6.45. The van der Waals surface area contributed by atoms with Crippen LogP contribution in [-0.2, 0) is 9.59 Å². The van der Waals surface area contributed by atoms with Crippen molar-refractivity contribution < 1.29 is 18.7 Å². The number of hydrogen-bond acceptors (Lipinski definition) is 3. The molecular formula is C20H21FN2O3. The Morgan fingerprint density at radius 1 is 1.15 bits per heavy atom. The molecule has 1 fully saturated rings. The van der Waals surface area contributed by atoms with Gasteiger partial charge in [-0.2, -0.15) is 0 Å². The third-order valence-electron chi connectivity index (χ3n) is 4.66. The lowest BCUT2D eigenvalue weighted by molar-refractivity contribution is -0.143. The van der Waals surface area contributed by atoms with Crippen LogP contribution in [0.15, 0.2) is 42.5 Å². The SMILES string of the molecule is Cc1cccc(NC(=O)C2CN(C(=O)COc3ccccc3F)C2)c1C. The van der Waals surface area contributed by atoms with Crippen LogP contribution >= 0.6 is 0 Å². The van der Waals surface area contributed by atoms with E-state index >= 15 is 0 Å². The van der Waals surface area contributed by atoms with Gasteiger partial charge in [0.25, 0.3) is 5.91 Å². The molecule has 0 saturated carbocycles. The van der Waals surface area contributed by atoms with Gasteiger partial charge in [-0.15, -0.1) is 0 Å². The number of carbonyl (C=O) groups is 2. The fourth-order valence-corrected chi connectivity index (χ4v) is 2.76. The summed E-state index contributed by atoms with van der Waals surface area (Å²) in [6, 6.07) is 11.7. The monoisotopic (exact) mass is 356 g/mol. The standard InChI is InChI=1S/C20H21FN2O3/c1-13-6-5-8-17(14(13)2)22-20(25)15-10-23(11-15)19(24)12-26-18-9-4-3-7-16(18)21/h3-9,15H,10-12H2,1-2H3,(H,22,25). The number of ether oxygens (including phenoxy) is 1. The fraction of sp³-hybridized carbons (Fsp3) is 0.300. The maximum absolute atomic E-state index is 13.5. The van der Waals surface area contributed by atoms with Crippen LogP contribution in [0.5, 0.6) is 5.75 Å². The summed E-state index contributed by atoms with van der Waals surface area (Å²) in [5.74, 6) is -1.06. The third-order valence-corrected chi connectivity index (χ3v) is 4.66. The van der Waals surface area contributed by atoms with E-state index in [4.69, 9.17) is 4.74 Å². The molecule has 2 aromatic carbocycles. The largest absolute Gasteiger partial charge is 0.481 e. The van der Waals surface area contributed by atoms with Crippen molar-refractivity contribution >= 4 is 17.5 Å². The van der Waals surface area contributed by atoms with E-state index in [9.17, 15) is 14.0 Å². The number of benzene rings is 2. The van der Waals surface area contributed by atoms with Crippen LogP contribution in [0.25, 0.3) is 0 Å². The van der Waals surface area contributed by atoms with Crippen molar-refractivity contribution in [2.24, 2.45) is 5.92 Å². The van der Waals surface area contributed by atoms with Gasteiger partial charge in [-0.05, 0) is 43.2 Å². The predicted molar refractivity (Wildman–Crippen MR) is 96.5 cm³/mol. The molecule has 2 amide bonds. The number of para-hydroxylation sites is 1. The molecule has 1 saturated heterocycles. The minimum absolute atomic E-state index is 0.0468. The summed E-state index contributed by atoms with van der Waals surface area (Å²) in [4.78, 5) is 25.9. The van der Waals surface area contributed by atoms with Crippen LogP contribution in [-0.4, -0.2) is 36.4 Å². The Balaban J connectivity index is 1.47. The van der Waals surface area contributed by atoms with E-state index in [1.54, 1.807) is 12.1 Å². The van der Waals surface area contributed by atoms with Crippen LogP contribution in [0.3, 0.4) is 0 Å². The highest BCUT2D eigenvalue weighted by Gasteiger charge is 2.35. The number of amides is 2. The molecular weight excluding hydrogens is 335 g/mol. The van der Waals surface area contributed by atoms with Gasteiger partial charge in [-0.3, -0.25) is 9.59 Å². The number of rotatable bonds is 5. The Morgan fingerprint density at radius 2 is 1.88 bits per heavy atom. The molecule has 0 spiro atoms. The minimum Gasteiger partial charge on any atom is -0.481 e. The maximum Gasteiger partial charge on any atom is 0.260 e. The molecule has 0 radical (unpaired) electrons. The Morgan fingerprint density at radius 3 is 2.62 bits per heavy atom. The molecule has 0 atom stereocenters. The lowest BCUT2D eigenvalue weighted by Gasteiger charge is -2.38. The lowest BCUT2D eigenvalue weighted by Crippen LogP contribution is -2.55. The number of halogens is 1. The van der Waals surface area contributed by atoms with Gasteiger partial charge in [0.15, 0.2) is 18.2 Å². The van der Waals surface area contributed by atoms with E-state index in [-0.39, 0.29) is 30.1 Å². The second-order valence-corrected chi connectivity index (χ2v) is 6.45. The highest BCUT2D eigenvalue weighted by atomic mass is 19.1. The smallest absolute Gasteiger partial charge is 0.260 e. The van der Waals surface area contributed by atoms with Crippen LogP contribution in [0.4, 0.5) is 10.1 Å². The zero-order valence-electron chi connectivity index (χ0n) is 14.8. The van der Waals surface area contributed by atoms with Crippen molar-refractivity contribution in [1.82, 2.24) is 4.90 Å². The fourth-order valence-electron chi connectivity index (χ4n) is 2.76. The predicted octanol–water partition coefficient (Wildman–Crippen LogP) is 2.92. The Labute approximate surface area is 151 Å². The Hall–Kier alpha value is -2.89. The topological polar surface area (TPSA) is 58.6 Å². The van der Waals surface area contributed by atoms with Crippen LogP contribution in [0, 0.1) is 25.6 Å². The average molecular weight is 356 g/mol. The van der Waals surface area contributed by atoms with E-state index in [1.807, 2.05) is 32.0 Å². The van der Waals surface area contributed by atoms with Crippen molar-refractivity contribution in [2.45, 2.75) is 13.8 Å². The number of aryl methyl sites for hydroxylation is 1. The molecule has 1 aliphatic heterocycles. The first-order valence-corrected chi connectivity index (χ1v) is 8.48. The van der Waals surface area contributed by atoms with Gasteiger partial charge >= 0.3 is 0 Å². The maximum atomic E-state index is 13.5. The number of anilines is 1. The van der Waals surface area contributed by atoms with Gasteiger partial charge in [0, 0.05) is 18.8 Å². The van der Waals surface area contributed by atoms with Crippen molar-refractivity contribution in [1.29, 1.82) is 0 Å². The lowest BCUT2D eigenvalue weighted by atomic mass is 9.98. The number of nitrogens with zero attached hydrogens (tertiary/aromatic N) is 1. The van der Waals surface area contributed by atoms with Crippen molar-refractivity contribution in [3.63, 3.8) is 0 Å². The zero-order chi connectivity index (χ0) is 18.7. The molecule has 1 aliphatic rings. The molecule has 5 nitrogen and oxygen atoms in total. The highest BCUT2D eigenvalue weighted by molar-refractivity contribution is 5.95. The van der Waals surface area contributed by atoms with E-state index in [1.165, 1.54) is 17.0 Å². The molecule has 6 heteroatoms. The summed E-state index contributed by atoms with van der Waals surface area (Å²) < 4.78 is 18.7. The summed E-state index contributed by atoms with van der Waals surface area (Å²) in [5, 5.41) is 2.92. The number of nitrogens with one attached hydrogen (secondary N) is 1. The molecule has 1 N–H and O–H groups in total. The number of carbonyl (C=O) groups excluding carboxylic acids is 2. The van der Waals surface area contributed by atoms with Crippen LogP contribution < -0.4 is 10.1 Å². The van der Waals surface area contributed by atoms with Crippen LogP contribution in [0.2, 0.25) is 0 Å². The molecule has 136 valence electrons. The van der Waals surface area contributed by atoms with Gasteiger partial charge in [0.05, 0.1) is 5.92 Å². The van der Waals surface area contributed by atoms with E-state index in [0.29, 0.717) is 13.1 Å². The first-order chi connectivity index (χ1) is 12.5. The zero-order valence-corrected chi connectivity index (χ0v) is 14.8. The van der Waals surface area contributed by atoms with Crippen LogP contribution in [0.1, 0.15) is 11.1 Å². The Bertz CT molecular complexity index is 832. The molecule has 0 bridgehead atoms. The highest BCUT2D eigenvalue weighted by Crippen LogP contribution is 2.22. The van der Waals surface area contributed by atoms with Crippen molar-refractivity contribution in [3.05, 3.63) is 59.4 Å². The normalized spacial score (nSPS) is 13.9. The molecule has 0 unspecified atom stereocenters. The van der Waals surface area contributed by atoms with E-state index in [0.717, 1.165) is 16.8 Å². The van der Waals surface area contributed by atoms with Gasteiger partial charge in [0.1, 0.15) is 0 Å². The van der Waals surface area contributed by atoms with Gasteiger partial charge < -0.3 is 15.0 Å². The third kappa shape index (κ3) is 3.85. The first-order valence-electron chi connectivity index (χ1n) is 8.48. The van der Waals surface area contributed by atoms with E-state index in [2.05, 4.69) is 5.32 Å². The molecule has 1 heterocycles. The molecule has 26 heavy (non-hydrogen) atoms. The molecule has 2 aromatic rings. The summed E-state index contributed by atoms with van der Waals surface area (Å²) in [7, 11) is 0. The molecule has 0 aliphatic carbocycles. The van der Waals surface area contributed by atoms with Crippen molar-refractivity contribution in [2.75, 3.05) is 25.0 Å². The van der Waals surface area contributed by atoms with Crippen molar-refractivity contribution in [3.8, 4) is 5.75 Å². The average Bonchev–Trinajstić information content (AvgIpc) is 2.57. The van der Waals surface area contributed by atoms with Gasteiger partial charge in [-0.1, -0.05) is 24.3 Å². The first kappa shape index (κ1) is 17.9. The summed E-state index contributed by atoms with van der Waals surface area (Å²) in [6.07, 6.45) is 0. The van der Waals surface area contributed by atoms with E-state index < -0.39 is 5.82 Å². The molecule has 0 aromatic heterocycles.